The summed E-state index contributed by atoms with van der Waals surface area (Å²) < 4.78 is 6.76. The van der Waals surface area contributed by atoms with E-state index in [2.05, 4.69) is 44.4 Å². The fraction of sp³-hybridized carbons (Fsp3) is 0.636. The fourth-order valence-electron chi connectivity index (χ4n) is 2.01. The highest BCUT2D eigenvalue weighted by Crippen LogP contribution is 2.23. The van der Waals surface area contributed by atoms with Crippen molar-refractivity contribution in [3.05, 3.63) is 16.1 Å². The predicted octanol–water partition coefficient (Wildman–Crippen LogP) is 2.09. The van der Waals surface area contributed by atoms with Gasteiger partial charge in [0.05, 0.1) is 9.67 Å². The lowest BCUT2D eigenvalue weighted by molar-refractivity contribution is 0.0458. The lowest BCUT2D eigenvalue weighted by Gasteiger charge is -2.32. The van der Waals surface area contributed by atoms with Gasteiger partial charge in [0.15, 0.2) is 0 Å². The van der Waals surface area contributed by atoms with E-state index in [0.717, 1.165) is 41.9 Å². The normalized spacial score (nSPS) is 17.8. The van der Waals surface area contributed by atoms with Gasteiger partial charge >= 0.3 is 0 Å². The molecule has 1 fully saturated rings. The van der Waals surface area contributed by atoms with E-state index in [1.165, 1.54) is 0 Å². The summed E-state index contributed by atoms with van der Waals surface area (Å²) in [6.45, 7) is 4.92. The Bertz CT molecular complexity index is 340. The molecular weight excluding hydrogens is 317 g/mol. The number of halogens is 1. The van der Waals surface area contributed by atoms with Crippen molar-refractivity contribution in [1.82, 2.24) is 9.97 Å². The van der Waals surface area contributed by atoms with Gasteiger partial charge in [0.2, 0.25) is 0 Å². The third-order valence-electron chi connectivity index (χ3n) is 2.79. The molecule has 0 unspecified atom stereocenters. The third kappa shape index (κ3) is 2.82. The average Bonchev–Trinajstić information content (AvgIpc) is 2.31. The van der Waals surface area contributed by atoms with Crippen molar-refractivity contribution >= 4 is 28.4 Å². The second-order valence-corrected chi connectivity index (χ2v) is 5.00. The lowest BCUT2D eigenvalue weighted by Crippen LogP contribution is -2.38. The first-order valence-corrected chi connectivity index (χ1v) is 6.71. The van der Waals surface area contributed by atoms with E-state index in [1.54, 1.807) is 6.33 Å². The standard InChI is InChI=1S/C11H16IN3O/c1-2-16-9-3-5-15(6-4-9)11-10(12)7-13-8-14-11/h7-9H,2-6H2,1H3. The van der Waals surface area contributed by atoms with Gasteiger partial charge < -0.3 is 9.64 Å². The van der Waals surface area contributed by atoms with Crippen molar-refractivity contribution in [2.45, 2.75) is 25.9 Å². The number of piperidine rings is 1. The summed E-state index contributed by atoms with van der Waals surface area (Å²) in [7, 11) is 0. The van der Waals surface area contributed by atoms with Gasteiger partial charge in [-0.15, -0.1) is 0 Å². The summed E-state index contributed by atoms with van der Waals surface area (Å²) in [5.41, 5.74) is 0. The van der Waals surface area contributed by atoms with Crippen LogP contribution in [0.2, 0.25) is 0 Å². The number of hydrogen-bond acceptors (Lipinski definition) is 4. The molecule has 1 aromatic heterocycles. The van der Waals surface area contributed by atoms with Crippen LogP contribution in [0.4, 0.5) is 5.82 Å². The second kappa shape index (κ2) is 5.77. The van der Waals surface area contributed by atoms with Crippen LogP contribution >= 0.6 is 22.6 Å². The van der Waals surface area contributed by atoms with E-state index in [0.29, 0.717) is 6.10 Å². The number of anilines is 1. The van der Waals surface area contributed by atoms with E-state index in [1.807, 2.05) is 6.20 Å². The van der Waals surface area contributed by atoms with Crippen molar-refractivity contribution in [1.29, 1.82) is 0 Å². The number of rotatable bonds is 3. The third-order valence-corrected chi connectivity index (χ3v) is 3.55. The monoisotopic (exact) mass is 333 g/mol. The molecule has 0 bridgehead atoms. The summed E-state index contributed by atoms with van der Waals surface area (Å²) >= 11 is 2.29. The maximum Gasteiger partial charge on any atom is 0.145 e. The van der Waals surface area contributed by atoms with Gasteiger partial charge in [0.25, 0.3) is 0 Å². The molecule has 0 atom stereocenters. The summed E-state index contributed by atoms with van der Waals surface area (Å²) in [4.78, 5) is 10.7. The Balaban J connectivity index is 1.96. The highest BCUT2D eigenvalue weighted by atomic mass is 127. The summed E-state index contributed by atoms with van der Waals surface area (Å²) in [5.74, 6) is 1.06. The molecule has 0 aromatic carbocycles. The molecule has 0 radical (unpaired) electrons. The first-order valence-electron chi connectivity index (χ1n) is 5.63. The number of aromatic nitrogens is 2. The van der Waals surface area contributed by atoms with Gasteiger partial charge in [-0.1, -0.05) is 0 Å². The Kier molecular flexibility index (Phi) is 4.34. The Labute approximate surface area is 110 Å². The van der Waals surface area contributed by atoms with E-state index in [4.69, 9.17) is 4.74 Å². The van der Waals surface area contributed by atoms with Crippen molar-refractivity contribution in [2.75, 3.05) is 24.6 Å². The number of hydrogen-bond donors (Lipinski definition) is 0. The molecule has 1 aliphatic rings. The molecule has 0 amide bonds. The second-order valence-electron chi connectivity index (χ2n) is 3.84. The molecule has 5 heteroatoms. The van der Waals surface area contributed by atoms with Gasteiger partial charge in [-0.05, 0) is 42.4 Å². The molecule has 16 heavy (non-hydrogen) atoms. The molecule has 4 nitrogen and oxygen atoms in total. The first-order chi connectivity index (χ1) is 7.81. The van der Waals surface area contributed by atoms with Crippen LogP contribution in [-0.2, 0) is 4.74 Å². The topological polar surface area (TPSA) is 38.2 Å². The van der Waals surface area contributed by atoms with Crippen LogP contribution in [0, 0.1) is 3.57 Å². The maximum atomic E-state index is 5.64. The van der Waals surface area contributed by atoms with Crippen molar-refractivity contribution < 1.29 is 4.74 Å². The molecule has 0 saturated carbocycles. The van der Waals surface area contributed by atoms with Crippen LogP contribution in [0.15, 0.2) is 12.5 Å². The summed E-state index contributed by atoms with van der Waals surface area (Å²) in [5, 5.41) is 0. The smallest absolute Gasteiger partial charge is 0.145 e. The zero-order valence-electron chi connectivity index (χ0n) is 9.40. The highest BCUT2D eigenvalue weighted by Gasteiger charge is 2.21. The molecule has 1 aliphatic heterocycles. The van der Waals surface area contributed by atoms with Crippen molar-refractivity contribution in [3.63, 3.8) is 0 Å². The van der Waals surface area contributed by atoms with Gasteiger partial charge in [0, 0.05) is 25.9 Å². The minimum absolute atomic E-state index is 0.431. The average molecular weight is 333 g/mol. The van der Waals surface area contributed by atoms with E-state index >= 15 is 0 Å². The van der Waals surface area contributed by atoms with Crippen molar-refractivity contribution in [2.24, 2.45) is 0 Å². The SMILES string of the molecule is CCOC1CCN(c2ncncc2I)CC1. The zero-order valence-corrected chi connectivity index (χ0v) is 11.6. The largest absolute Gasteiger partial charge is 0.378 e. The molecule has 88 valence electrons. The molecule has 0 aliphatic carbocycles. The molecule has 1 aromatic rings. The minimum Gasteiger partial charge on any atom is -0.378 e. The number of ether oxygens (including phenoxy) is 1. The quantitative estimate of drug-likeness (QED) is 0.794. The van der Waals surface area contributed by atoms with E-state index in [9.17, 15) is 0 Å². The van der Waals surface area contributed by atoms with Gasteiger partial charge in [-0.25, -0.2) is 9.97 Å². The van der Waals surface area contributed by atoms with Gasteiger partial charge in [-0.2, -0.15) is 0 Å². The first kappa shape index (κ1) is 12.0. The molecule has 2 heterocycles. The molecule has 0 spiro atoms. The van der Waals surface area contributed by atoms with Crippen LogP contribution < -0.4 is 4.90 Å². The highest BCUT2D eigenvalue weighted by molar-refractivity contribution is 14.1. The molecule has 2 rings (SSSR count). The molecule has 1 saturated heterocycles. The Morgan fingerprint density at radius 1 is 1.50 bits per heavy atom. The van der Waals surface area contributed by atoms with Crippen LogP contribution in [0.25, 0.3) is 0 Å². The van der Waals surface area contributed by atoms with E-state index < -0.39 is 0 Å². The maximum absolute atomic E-state index is 5.64. The van der Waals surface area contributed by atoms with Gasteiger partial charge in [0.1, 0.15) is 12.1 Å². The fourth-order valence-corrected chi connectivity index (χ4v) is 2.65. The lowest BCUT2D eigenvalue weighted by atomic mass is 10.1. The van der Waals surface area contributed by atoms with Crippen LogP contribution in [0.5, 0.6) is 0 Å². The Hall–Kier alpha value is -0.430. The minimum atomic E-state index is 0.431. The Morgan fingerprint density at radius 2 is 2.25 bits per heavy atom. The van der Waals surface area contributed by atoms with Gasteiger partial charge in [-0.3, -0.25) is 0 Å². The van der Waals surface area contributed by atoms with Crippen molar-refractivity contribution in [3.8, 4) is 0 Å². The summed E-state index contributed by atoms with van der Waals surface area (Å²) in [6, 6.07) is 0. The molecule has 0 N–H and O–H groups in total. The Morgan fingerprint density at radius 3 is 2.88 bits per heavy atom. The van der Waals surface area contributed by atoms with Crippen LogP contribution in [-0.4, -0.2) is 35.8 Å². The molecular formula is C11H16IN3O. The van der Waals surface area contributed by atoms with Crippen LogP contribution in [0.3, 0.4) is 0 Å². The number of nitrogens with zero attached hydrogens (tertiary/aromatic N) is 3. The van der Waals surface area contributed by atoms with Crippen LogP contribution in [0.1, 0.15) is 19.8 Å². The summed E-state index contributed by atoms with van der Waals surface area (Å²) in [6.07, 6.45) is 6.09. The van der Waals surface area contributed by atoms with E-state index in [-0.39, 0.29) is 0 Å². The zero-order chi connectivity index (χ0) is 11.4. The predicted molar refractivity (Wildman–Crippen MR) is 71.6 cm³/mol.